The third kappa shape index (κ3) is 8.17. The lowest BCUT2D eigenvalue weighted by molar-refractivity contribution is -0.119. The van der Waals surface area contributed by atoms with Gasteiger partial charge < -0.3 is 19.7 Å². The third-order valence-electron chi connectivity index (χ3n) is 6.91. The quantitative estimate of drug-likeness (QED) is 0.374. The predicted molar refractivity (Wildman–Crippen MR) is 169 cm³/mol. The minimum Gasteiger partial charge on any atom is -0.489 e. The van der Waals surface area contributed by atoms with Gasteiger partial charge in [0.15, 0.2) is 15.0 Å². The highest BCUT2D eigenvalue weighted by Crippen LogP contribution is 2.41. The first kappa shape index (κ1) is 30.6. The second-order valence-corrected chi connectivity index (χ2v) is 14.9. The summed E-state index contributed by atoms with van der Waals surface area (Å²) in [4.78, 5) is 32.6. The van der Waals surface area contributed by atoms with Crippen molar-refractivity contribution in [2.45, 2.75) is 56.7 Å². The fourth-order valence-electron chi connectivity index (χ4n) is 4.98. The molecular formula is C32H35N3O6S2. The molecule has 9 nitrogen and oxygen atoms in total. The molecule has 3 aromatic carbocycles. The number of nitrogens with one attached hydrogen (secondary N) is 1. The van der Waals surface area contributed by atoms with Gasteiger partial charge in [-0.2, -0.15) is 4.99 Å². The minimum absolute atomic E-state index is 0.00785. The fourth-order valence-corrected chi connectivity index (χ4v) is 8.90. The van der Waals surface area contributed by atoms with Crippen LogP contribution in [0.3, 0.4) is 0 Å². The summed E-state index contributed by atoms with van der Waals surface area (Å²) in [7, 11) is -3.24. The van der Waals surface area contributed by atoms with Crippen molar-refractivity contribution >= 4 is 44.5 Å². The number of carbonyl (C=O) groups is 2. The molecule has 2 heterocycles. The van der Waals surface area contributed by atoms with E-state index in [9.17, 15) is 18.0 Å². The van der Waals surface area contributed by atoms with Gasteiger partial charge in [0, 0.05) is 17.4 Å². The normalized spacial score (nSPS) is 20.8. The molecule has 0 saturated carbocycles. The van der Waals surface area contributed by atoms with Gasteiger partial charge in [0.25, 0.3) is 5.91 Å². The summed E-state index contributed by atoms with van der Waals surface area (Å²) < 4.78 is 36.4. The SMILES string of the molecule is CC(C)(C)OC(=O)N[C@H](Cc1ccccc1)C(=O)N=C1S[C@@H]2CS(=O)(=O)C[C@@H]2N1c1ccc(OCc2ccccc2)cc1. The molecule has 226 valence electrons. The highest BCUT2D eigenvalue weighted by atomic mass is 32.2. The van der Waals surface area contributed by atoms with Crippen molar-refractivity contribution in [3.8, 4) is 5.75 Å². The van der Waals surface area contributed by atoms with E-state index in [0.29, 0.717) is 23.2 Å². The summed E-state index contributed by atoms with van der Waals surface area (Å²) in [5.74, 6) is 0.0868. The summed E-state index contributed by atoms with van der Waals surface area (Å²) >= 11 is 1.28. The molecule has 0 aromatic heterocycles. The lowest BCUT2D eigenvalue weighted by Gasteiger charge is -2.25. The summed E-state index contributed by atoms with van der Waals surface area (Å²) in [5.41, 5.74) is 1.85. The van der Waals surface area contributed by atoms with Crippen molar-refractivity contribution in [1.82, 2.24) is 5.32 Å². The monoisotopic (exact) mass is 621 g/mol. The molecule has 3 atom stereocenters. The molecule has 0 aliphatic carbocycles. The van der Waals surface area contributed by atoms with E-state index in [1.165, 1.54) is 11.8 Å². The first-order valence-electron chi connectivity index (χ1n) is 14.0. The third-order valence-corrected chi connectivity index (χ3v) is 10.1. The van der Waals surface area contributed by atoms with E-state index >= 15 is 0 Å². The van der Waals surface area contributed by atoms with Gasteiger partial charge in [-0.25, -0.2) is 13.2 Å². The van der Waals surface area contributed by atoms with Crippen LogP contribution in [-0.2, 0) is 32.4 Å². The predicted octanol–water partition coefficient (Wildman–Crippen LogP) is 5.00. The Morgan fingerprint density at radius 1 is 0.953 bits per heavy atom. The van der Waals surface area contributed by atoms with Crippen LogP contribution in [0.4, 0.5) is 10.5 Å². The van der Waals surface area contributed by atoms with Gasteiger partial charge in [-0.1, -0.05) is 72.4 Å². The Morgan fingerprint density at radius 2 is 1.58 bits per heavy atom. The highest BCUT2D eigenvalue weighted by Gasteiger charge is 2.49. The van der Waals surface area contributed by atoms with E-state index in [1.54, 1.807) is 20.8 Å². The number of rotatable bonds is 8. The summed E-state index contributed by atoms with van der Waals surface area (Å²) in [6, 6.07) is 25.1. The van der Waals surface area contributed by atoms with Crippen LogP contribution < -0.4 is 15.0 Å². The van der Waals surface area contributed by atoms with Crippen LogP contribution in [-0.4, -0.2) is 60.0 Å². The molecule has 2 fully saturated rings. The molecule has 2 aliphatic heterocycles. The van der Waals surface area contributed by atoms with Crippen LogP contribution in [0.25, 0.3) is 0 Å². The topological polar surface area (TPSA) is 114 Å². The Labute approximate surface area is 256 Å². The molecule has 2 amide bonds. The lowest BCUT2D eigenvalue weighted by atomic mass is 10.1. The summed E-state index contributed by atoms with van der Waals surface area (Å²) in [6.45, 7) is 5.66. The number of hydrogen-bond acceptors (Lipinski definition) is 7. The summed E-state index contributed by atoms with van der Waals surface area (Å²) in [5, 5.41) is 2.82. The van der Waals surface area contributed by atoms with Crippen LogP contribution >= 0.6 is 11.8 Å². The van der Waals surface area contributed by atoms with Crippen molar-refractivity contribution in [2.24, 2.45) is 4.99 Å². The van der Waals surface area contributed by atoms with E-state index < -0.39 is 33.5 Å². The molecule has 5 rings (SSSR count). The molecule has 0 bridgehead atoms. The number of fused-ring (bicyclic) bond motifs is 1. The maximum Gasteiger partial charge on any atom is 0.408 e. The molecule has 0 unspecified atom stereocenters. The molecule has 11 heteroatoms. The van der Waals surface area contributed by atoms with Gasteiger partial charge in [-0.05, 0) is 56.2 Å². The largest absolute Gasteiger partial charge is 0.489 e. The lowest BCUT2D eigenvalue weighted by Crippen LogP contribution is -2.45. The molecular weight excluding hydrogens is 587 g/mol. The average Bonchev–Trinajstić information content (AvgIpc) is 3.42. The van der Waals surface area contributed by atoms with E-state index in [0.717, 1.165) is 11.1 Å². The number of carbonyl (C=O) groups excluding carboxylic acids is 2. The fraction of sp³-hybridized carbons (Fsp3) is 0.344. The van der Waals surface area contributed by atoms with Crippen LogP contribution in [0.5, 0.6) is 5.75 Å². The number of alkyl carbamates (subject to hydrolysis) is 1. The summed E-state index contributed by atoms with van der Waals surface area (Å²) in [6.07, 6.45) is -0.498. The number of ether oxygens (including phenoxy) is 2. The number of thioether (sulfide) groups is 1. The Hall–Kier alpha value is -3.83. The first-order chi connectivity index (χ1) is 20.5. The maximum absolute atomic E-state index is 13.7. The Balaban J connectivity index is 1.39. The van der Waals surface area contributed by atoms with Crippen LogP contribution in [0.15, 0.2) is 89.9 Å². The van der Waals surface area contributed by atoms with Gasteiger partial charge >= 0.3 is 6.09 Å². The number of nitrogens with zero attached hydrogens (tertiary/aromatic N) is 2. The number of aliphatic imine (C=N–C) groups is 1. The molecule has 1 N–H and O–H groups in total. The molecule has 2 saturated heterocycles. The Kier molecular flexibility index (Phi) is 9.12. The Morgan fingerprint density at radius 3 is 2.21 bits per heavy atom. The standard InChI is InChI=1S/C32H35N3O6S2/c1-32(2,3)41-31(37)33-26(18-22-10-6-4-7-11-22)29(36)34-30-35(27-20-43(38,39)21-28(27)42-30)24-14-16-25(17-15-24)40-19-23-12-8-5-9-13-23/h4-17,26-28H,18-21H2,1-3H3,(H,33,37)/t26-,27+,28-/m1/s1. The van der Waals surface area contributed by atoms with Crippen molar-refractivity contribution in [3.63, 3.8) is 0 Å². The van der Waals surface area contributed by atoms with Crippen molar-refractivity contribution in [1.29, 1.82) is 0 Å². The Bertz CT molecular complexity index is 1570. The smallest absolute Gasteiger partial charge is 0.408 e. The van der Waals surface area contributed by atoms with E-state index in [2.05, 4.69) is 10.3 Å². The zero-order chi connectivity index (χ0) is 30.6. The number of benzene rings is 3. The second-order valence-electron chi connectivity index (χ2n) is 11.6. The molecule has 0 radical (unpaired) electrons. The zero-order valence-electron chi connectivity index (χ0n) is 24.3. The zero-order valence-corrected chi connectivity index (χ0v) is 25.9. The molecule has 3 aromatic rings. The van der Waals surface area contributed by atoms with Gasteiger partial charge in [0.2, 0.25) is 0 Å². The van der Waals surface area contributed by atoms with E-state index in [-0.39, 0.29) is 29.2 Å². The van der Waals surface area contributed by atoms with Crippen molar-refractivity contribution < 1.29 is 27.5 Å². The number of anilines is 1. The first-order valence-corrected chi connectivity index (χ1v) is 16.7. The van der Waals surface area contributed by atoms with Crippen LogP contribution in [0, 0.1) is 0 Å². The highest BCUT2D eigenvalue weighted by molar-refractivity contribution is 8.16. The minimum atomic E-state index is -3.24. The van der Waals surface area contributed by atoms with Gasteiger partial charge in [-0.15, -0.1) is 0 Å². The van der Waals surface area contributed by atoms with Gasteiger partial charge in [-0.3, -0.25) is 4.79 Å². The maximum atomic E-state index is 13.7. The van der Waals surface area contributed by atoms with Crippen LogP contribution in [0.2, 0.25) is 0 Å². The van der Waals surface area contributed by atoms with Crippen molar-refractivity contribution in [2.75, 3.05) is 16.4 Å². The number of amides is 2. The number of sulfone groups is 1. The van der Waals surface area contributed by atoms with E-state index in [1.807, 2.05) is 89.8 Å². The van der Waals surface area contributed by atoms with Crippen LogP contribution in [0.1, 0.15) is 31.9 Å². The van der Waals surface area contributed by atoms with Gasteiger partial charge in [0.05, 0.1) is 17.5 Å². The number of hydrogen-bond donors (Lipinski definition) is 1. The molecule has 0 spiro atoms. The van der Waals surface area contributed by atoms with Gasteiger partial charge in [0.1, 0.15) is 24.0 Å². The second kappa shape index (κ2) is 12.8. The van der Waals surface area contributed by atoms with Crippen molar-refractivity contribution in [3.05, 3.63) is 96.1 Å². The number of amidine groups is 1. The molecule has 43 heavy (non-hydrogen) atoms. The molecule has 2 aliphatic rings. The van der Waals surface area contributed by atoms with E-state index in [4.69, 9.17) is 9.47 Å². The average molecular weight is 622 g/mol.